The van der Waals surface area contributed by atoms with Crippen LogP contribution in [0, 0.1) is 6.92 Å². The van der Waals surface area contributed by atoms with Crippen LogP contribution >= 0.6 is 11.8 Å². The molecule has 0 saturated heterocycles. The van der Waals surface area contributed by atoms with Gasteiger partial charge in [-0.25, -0.2) is 4.98 Å². The van der Waals surface area contributed by atoms with E-state index >= 15 is 0 Å². The third kappa shape index (κ3) is 4.30. The monoisotopic (exact) mass is 272 g/mol. The number of aromatic nitrogens is 3. The zero-order valence-electron chi connectivity index (χ0n) is 11.2. The van der Waals surface area contributed by atoms with Crippen molar-refractivity contribution in [1.82, 2.24) is 15.2 Å². The number of nitrogens with two attached hydrogens (primary N) is 1. The number of carbonyl (C=O) groups is 1. The zero-order valence-corrected chi connectivity index (χ0v) is 12.0. The van der Waals surface area contributed by atoms with Gasteiger partial charge >= 0.3 is 5.97 Å². The molecule has 1 aromatic rings. The van der Waals surface area contributed by atoms with Crippen LogP contribution in [0.2, 0.25) is 0 Å². The second kappa shape index (κ2) is 6.19. The molecule has 0 fully saturated rings. The largest absolute Gasteiger partial charge is 0.465 e. The van der Waals surface area contributed by atoms with E-state index in [4.69, 9.17) is 10.5 Å². The van der Waals surface area contributed by atoms with E-state index in [9.17, 15) is 4.79 Å². The van der Waals surface area contributed by atoms with E-state index in [0.717, 1.165) is 5.82 Å². The topological polar surface area (TPSA) is 93.9 Å². The Hall–Kier alpha value is -1.08. The van der Waals surface area contributed by atoms with E-state index < -0.39 is 5.54 Å². The number of thioether (sulfide) groups is 1. The fourth-order valence-electron chi connectivity index (χ4n) is 1.57. The maximum atomic E-state index is 11.7. The lowest BCUT2D eigenvalue weighted by Gasteiger charge is -2.24. The molecule has 1 aromatic heterocycles. The number of rotatable bonds is 6. The summed E-state index contributed by atoms with van der Waals surface area (Å²) in [7, 11) is 0. The summed E-state index contributed by atoms with van der Waals surface area (Å²) in [5.41, 5.74) is 4.99. The summed E-state index contributed by atoms with van der Waals surface area (Å²) >= 11 is 1.49. The molecule has 6 nitrogen and oxygen atoms in total. The minimum Gasteiger partial charge on any atom is -0.465 e. The predicted molar refractivity (Wildman–Crippen MR) is 70.3 cm³/mol. The maximum absolute atomic E-state index is 11.7. The van der Waals surface area contributed by atoms with Crippen molar-refractivity contribution in [2.75, 3.05) is 6.61 Å². The smallest absolute Gasteiger partial charge is 0.325 e. The first-order chi connectivity index (χ1) is 8.35. The Labute approximate surface area is 111 Å². The molecule has 7 heteroatoms. The third-order valence-corrected chi connectivity index (χ3v) is 3.30. The van der Waals surface area contributed by atoms with Crippen LogP contribution in [0.1, 0.15) is 33.0 Å². The fourth-order valence-corrected chi connectivity index (χ4v) is 2.65. The Kier molecular flexibility index (Phi) is 5.15. The van der Waals surface area contributed by atoms with Crippen LogP contribution in [0.4, 0.5) is 0 Å². The fraction of sp³-hybridized carbons (Fsp3) is 0.727. The molecule has 1 rings (SSSR count). The number of aryl methyl sites for hydroxylation is 1. The van der Waals surface area contributed by atoms with Gasteiger partial charge in [-0.05, 0) is 27.2 Å². The molecule has 0 aromatic carbocycles. The normalized spacial score (nSPS) is 16.1. The summed E-state index contributed by atoms with van der Waals surface area (Å²) in [6.45, 7) is 7.62. The molecule has 3 N–H and O–H groups in total. The third-order valence-electron chi connectivity index (χ3n) is 2.34. The minimum atomic E-state index is -0.978. The molecule has 102 valence electrons. The van der Waals surface area contributed by atoms with Crippen molar-refractivity contribution < 1.29 is 9.53 Å². The first kappa shape index (κ1) is 15.0. The highest BCUT2D eigenvalue weighted by atomic mass is 32.2. The van der Waals surface area contributed by atoms with Crippen molar-refractivity contribution in [2.24, 2.45) is 5.73 Å². The average Bonchev–Trinajstić information content (AvgIpc) is 2.63. The summed E-state index contributed by atoms with van der Waals surface area (Å²) in [6, 6.07) is 0. The lowest BCUT2D eigenvalue weighted by atomic mass is 9.98. The quantitative estimate of drug-likeness (QED) is 0.598. The Bertz CT molecular complexity index is 406. The molecule has 0 bridgehead atoms. The summed E-state index contributed by atoms with van der Waals surface area (Å²) in [5, 5.41) is 7.60. The lowest BCUT2D eigenvalue weighted by Crippen LogP contribution is -2.47. The van der Waals surface area contributed by atoms with Gasteiger partial charge in [-0.3, -0.25) is 9.89 Å². The molecule has 18 heavy (non-hydrogen) atoms. The van der Waals surface area contributed by atoms with Crippen LogP contribution < -0.4 is 5.73 Å². The van der Waals surface area contributed by atoms with Crippen molar-refractivity contribution in [3.8, 4) is 0 Å². The number of aromatic amines is 1. The summed E-state index contributed by atoms with van der Waals surface area (Å²) in [4.78, 5) is 15.9. The summed E-state index contributed by atoms with van der Waals surface area (Å²) in [6.07, 6.45) is 0.504. The van der Waals surface area contributed by atoms with E-state index in [0.29, 0.717) is 18.2 Å². The lowest BCUT2D eigenvalue weighted by molar-refractivity contribution is -0.149. The van der Waals surface area contributed by atoms with Crippen molar-refractivity contribution in [3.05, 3.63) is 5.82 Å². The number of H-pyrrole nitrogens is 1. The SMILES string of the molecule is CCOC(=O)C(C)(N)CC(C)Sc1n[nH]c(C)n1. The molecule has 0 aliphatic heterocycles. The van der Waals surface area contributed by atoms with Gasteiger partial charge in [0.2, 0.25) is 5.16 Å². The molecule has 0 amide bonds. The highest BCUT2D eigenvalue weighted by Gasteiger charge is 2.32. The maximum Gasteiger partial charge on any atom is 0.325 e. The minimum absolute atomic E-state index is 0.125. The number of ether oxygens (including phenoxy) is 1. The number of hydrogen-bond donors (Lipinski definition) is 2. The number of esters is 1. The molecule has 0 aliphatic carbocycles. The van der Waals surface area contributed by atoms with Crippen LogP contribution in [0.5, 0.6) is 0 Å². The van der Waals surface area contributed by atoms with Crippen molar-refractivity contribution in [3.63, 3.8) is 0 Å². The summed E-state index contributed by atoms with van der Waals surface area (Å²) < 4.78 is 4.95. The molecule has 2 unspecified atom stereocenters. The highest BCUT2D eigenvalue weighted by molar-refractivity contribution is 7.99. The van der Waals surface area contributed by atoms with Gasteiger partial charge in [0, 0.05) is 5.25 Å². The van der Waals surface area contributed by atoms with E-state index in [1.807, 2.05) is 13.8 Å². The number of carbonyl (C=O) groups excluding carboxylic acids is 1. The van der Waals surface area contributed by atoms with Crippen LogP contribution in [-0.4, -0.2) is 38.5 Å². The molecule has 1 heterocycles. The number of nitrogens with one attached hydrogen (secondary N) is 1. The van der Waals surface area contributed by atoms with Crippen molar-refractivity contribution in [1.29, 1.82) is 0 Å². The van der Waals surface area contributed by atoms with E-state index in [-0.39, 0.29) is 11.2 Å². The standard InChI is InChI=1S/C11H20N4O2S/c1-5-17-9(16)11(4,12)6-7(2)18-10-13-8(3)14-15-10/h7H,5-6,12H2,1-4H3,(H,13,14,15). The van der Waals surface area contributed by atoms with Crippen LogP contribution in [-0.2, 0) is 9.53 Å². The summed E-state index contributed by atoms with van der Waals surface area (Å²) in [5.74, 6) is 0.397. The molecule has 2 atom stereocenters. The van der Waals surface area contributed by atoms with Gasteiger partial charge in [-0.2, -0.15) is 0 Å². The van der Waals surface area contributed by atoms with Crippen molar-refractivity contribution >= 4 is 17.7 Å². The van der Waals surface area contributed by atoms with Gasteiger partial charge in [0.1, 0.15) is 11.4 Å². The number of nitrogens with zero attached hydrogens (tertiary/aromatic N) is 2. The van der Waals surface area contributed by atoms with Crippen LogP contribution in [0.25, 0.3) is 0 Å². The van der Waals surface area contributed by atoms with E-state index in [1.165, 1.54) is 11.8 Å². The second-order valence-corrected chi connectivity index (χ2v) is 5.88. The first-order valence-electron chi connectivity index (χ1n) is 5.87. The zero-order chi connectivity index (χ0) is 13.8. The van der Waals surface area contributed by atoms with Crippen LogP contribution in [0.3, 0.4) is 0 Å². The van der Waals surface area contributed by atoms with Gasteiger partial charge in [-0.15, -0.1) is 5.10 Å². The molecule has 0 saturated carbocycles. The Morgan fingerprint density at radius 2 is 2.33 bits per heavy atom. The van der Waals surface area contributed by atoms with Gasteiger partial charge in [0.15, 0.2) is 0 Å². The number of hydrogen-bond acceptors (Lipinski definition) is 6. The molecule has 0 radical (unpaired) electrons. The highest BCUT2D eigenvalue weighted by Crippen LogP contribution is 2.25. The Morgan fingerprint density at radius 3 is 2.83 bits per heavy atom. The Morgan fingerprint density at radius 1 is 1.67 bits per heavy atom. The van der Waals surface area contributed by atoms with Gasteiger partial charge in [0.05, 0.1) is 6.61 Å². The van der Waals surface area contributed by atoms with Gasteiger partial charge in [0.25, 0.3) is 0 Å². The van der Waals surface area contributed by atoms with E-state index in [2.05, 4.69) is 15.2 Å². The first-order valence-corrected chi connectivity index (χ1v) is 6.75. The van der Waals surface area contributed by atoms with E-state index in [1.54, 1.807) is 13.8 Å². The molecule has 0 spiro atoms. The van der Waals surface area contributed by atoms with Gasteiger partial charge < -0.3 is 10.5 Å². The molecular weight excluding hydrogens is 252 g/mol. The second-order valence-electron chi connectivity index (χ2n) is 4.47. The Balaban J connectivity index is 2.53. The van der Waals surface area contributed by atoms with Crippen LogP contribution in [0.15, 0.2) is 5.16 Å². The molecule has 0 aliphatic rings. The van der Waals surface area contributed by atoms with Crippen molar-refractivity contribution in [2.45, 2.75) is 50.1 Å². The molecular formula is C11H20N4O2S. The average molecular weight is 272 g/mol. The van der Waals surface area contributed by atoms with Gasteiger partial charge in [-0.1, -0.05) is 18.7 Å². The predicted octanol–water partition coefficient (Wildman–Crippen LogP) is 1.26.